The lowest BCUT2D eigenvalue weighted by molar-refractivity contribution is -0.141. The zero-order valence-corrected chi connectivity index (χ0v) is 16.5. The Labute approximate surface area is 151 Å². The van der Waals surface area contributed by atoms with Crippen LogP contribution in [0.2, 0.25) is 0 Å². The fraction of sp³-hybridized carbons (Fsp3) is 0.895. The highest BCUT2D eigenvalue weighted by Gasteiger charge is 2.46. The summed E-state index contributed by atoms with van der Waals surface area (Å²) in [6.45, 7) is 10.2. The fourth-order valence-electron chi connectivity index (χ4n) is 4.17. The summed E-state index contributed by atoms with van der Waals surface area (Å²) >= 11 is 0. The summed E-state index contributed by atoms with van der Waals surface area (Å²) in [6.07, 6.45) is 4.42. The van der Waals surface area contributed by atoms with E-state index >= 15 is 0 Å². The van der Waals surface area contributed by atoms with E-state index in [1.807, 2.05) is 25.7 Å². The number of carbonyl (C=O) groups is 2. The molecule has 2 fully saturated rings. The molecule has 2 atom stereocenters. The number of carbonyl (C=O) groups excluding carboxylic acids is 2. The summed E-state index contributed by atoms with van der Waals surface area (Å²) < 4.78 is 10.9. The highest BCUT2D eigenvalue weighted by atomic mass is 16.6. The molecule has 2 heterocycles. The first-order valence-corrected chi connectivity index (χ1v) is 9.51. The molecule has 2 saturated heterocycles. The summed E-state index contributed by atoms with van der Waals surface area (Å²) in [5, 5.41) is 0. The second-order valence-corrected chi connectivity index (χ2v) is 8.41. The lowest BCUT2D eigenvalue weighted by Gasteiger charge is -2.39. The van der Waals surface area contributed by atoms with Crippen molar-refractivity contribution in [2.45, 2.75) is 70.9 Å². The van der Waals surface area contributed by atoms with Crippen molar-refractivity contribution >= 4 is 12.0 Å². The Kier molecular flexibility index (Phi) is 6.35. The van der Waals surface area contributed by atoms with Gasteiger partial charge in [-0.1, -0.05) is 13.3 Å². The zero-order valence-electron chi connectivity index (χ0n) is 16.5. The van der Waals surface area contributed by atoms with Gasteiger partial charge in [-0.15, -0.1) is 0 Å². The van der Waals surface area contributed by atoms with E-state index in [1.54, 1.807) is 12.0 Å². The first-order valence-electron chi connectivity index (χ1n) is 9.51. The van der Waals surface area contributed by atoms with Gasteiger partial charge in [0.05, 0.1) is 18.1 Å². The van der Waals surface area contributed by atoms with E-state index in [1.165, 1.54) is 0 Å². The summed E-state index contributed by atoms with van der Waals surface area (Å²) in [6, 6.07) is 0. The maximum absolute atomic E-state index is 13.2. The Bertz CT molecular complexity index is 480. The third kappa shape index (κ3) is 4.66. The second kappa shape index (κ2) is 7.94. The van der Waals surface area contributed by atoms with Crippen molar-refractivity contribution < 1.29 is 19.1 Å². The quantitative estimate of drug-likeness (QED) is 0.761. The third-order valence-electron chi connectivity index (χ3n) is 5.18. The van der Waals surface area contributed by atoms with E-state index in [4.69, 9.17) is 9.47 Å². The molecule has 0 aromatic heterocycles. The molecule has 0 aliphatic carbocycles. The molecule has 0 unspecified atom stereocenters. The Morgan fingerprint density at radius 3 is 2.56 bits per heavy atom. The summed E-state index contributed by atoms with van der Waals surface area (Å²) in [5.74, 6) is 0.0489. The second-order valence-electron chi connectivity index (χ2n) is 8.41. The van der Waals surface area contributed by atoms with Gasteiger partial charge in [0.25, 0.3) is 0 Å². The van der Waals surface area contributed by atoms with Crippen LogP contribution in [0.4, 0.5) is 4.79 Å². The number of methoxy groups -OCH3 is 1. The molecule has 0 saturated carbocycles. The molecule has 0 bridgehead atoms. The average Bonchev–Trinajstić information content (AvgIpc) is 3.13. The van der Waals surface area contributed by atoms with Crippen molar-refractivity contribution in [3.05, 3.63) is 0 Å². The number of ether oxygens (including phenoxy) is 2. The van der Waals surface area contributed by atoms with Crippen molar-refractivity contribution in [2.24, 2.45) is 5.92 Å². The normalized spacial score (nSPS) is 27.0. The van der Waals surface area contributed by atoms with E-state index in [9.17, 15) is 9.59 Å². The molecular formula is C19H34N2O4. The average molecular weight is 354 g/mol. The maximum Gasteiger partial charge on any atom is 0.410 e. The Balaban J connectivity index is 2.02. The minimum Gasteiger partial charge on any atom is -0.444 e. The molecule has 0 aromatic rings. The summed E-state index contributed by atoms with van der Waals surface area (Å²) in [4.78, 5) is 29.1. The molecule has 0 spiro atoms. The van der Waals surface area contributed by atoms with Crippen molar-refractivity contribution in [2.75, 3.05) is 33.4 Å². The Morgan fingerprint density at radius 1 is 1.24 bits per heavy atom. The number of likely N-dealkylation sites (tertiary alicyclic amines) is 2. The maximum atomic E-state index is 13.2. The van der Waals surface area contributed by atoms with E-state index in [0.717, 1.165) is 32.2 Å². The zero-order chi connectivity index (χ0) is 18.7. The largest absolute Gasteiger partial charge is 0.444 e. The first-order chi connectivity index (χ1) is 11.7. The van der Waals surface area contributed by atoms with Crippen molar-refractivity contribution in [3.63, 3.8) is 0 Å². The predicted molar refractivity (Wildman–Crippen MR) is 96.4 cm³/mol. The van der Waals surface area contributed by atoms with Gasteiger partial charge in [0.1, 0.15) is 5.60 Å². The highest BCUT2D eigenvalue weighted by Crippen LogP contribution is 2.36. The molecule has 25 heavy (non-hydrogen) atoms. The number of rotatable bonds is 5. The molecule has 0 N–H and O–H groups in total. The van der Waals surface area contributed by atoms with Crippen LogP contribution in [0.25, 0.3) is 0 Å². The fourth-order valence-corrected chi connectivity index (χ4v) is 4.17. The van der Waals surface area contributed by atoms with Crippen LogP contribution in [0.15, 0.2) is 0 Å². The number of hydrogen-bond donors (Lipinski definition) is 0. The molecule has 2 rings (SSSR count). The topological polar surface area (TPSA) is 59.1 Å². The van der Waals surface area contributed by atoms with Crippen LogP contribution in [0, 0.1) is 5.92 Å². The number of hydrogen-bond acceptors (Lipinski definition) is 4. The van der Waals surface area contributed by atoms with Crippen molar-refractivity contribution in [1.29, 1.82) is 0 Å². The third-order valence-corrected chi connectivity index (χ3v) is 5.18. The molecule has 6 heteroatoms. The van der Waals surface area contributed by atoms with Gasteiger partial charge in [-0.3, -0.25) is 4.79 Å². The summed E-state index contributed by atoms with van der Waals surface area (Å²) in [7, 11) is 1.71. The lowest BCUT2D eigenvalue weighted by atomic mass is 9.90. The van der Waals surface area contributed by atoms with Gasteiger partial charge >= 0.3 is 6.09 Å². The summed E-state index contributed by atoms with van der Waals surface area (Å²) in [5.41, 5.74) is -0.678. The van der Waals surface area contributed by atoms with Crippen molar-refractivity contribution in [3.8, 4) is 0 Å². The monoisotopic (exact) mass is 354 g/mol. The standard InChI is InChI=1S/C19H34N2O4/c1-6-9-19(14-24-5)10-7-11-21(19)16(22)15-8-12-20(13-15)17(23)25-18(2,3)4/h15H,6-14H2,1-5H3/t15-,19+/m0/s1. The van der Waals surface area contributed by atoms with Gasteiger partial charge in [0, 0.05) is 26.7 Å². The van der Waals surface area contributed by atoms with Crippen LogP contribution in [0.1, 0.15) is 59.8 Å². The molecule has 0 radical (unpaired) electrons. The number of amides is 2. The Hall–Kier alpha value is -1.30. The van der Waals surface area contributed by atoms with Gasteiger partial charge in [0.2, 0.25) is 5.91 Å². The van der Waals surface area contributed by atoms with Crippen LogP contribution in [-0.4, -0.2) is 66.3 Å². The van der Waals surface area contributed by atoms with Crippen LogP contribution in [-0.2, 0) is 14.3 Å². The van der Waals surface area contributed by atoms with E-state index < -0.39 is 5.60 Å². The molecule has 2 amide bonds. The van der Waals surface area contributed by atoms with Crippen LogP contribution < -0.4 is 0 Å². The van der Waals surface area contributed by atoms with Gasteiger partial charge in [-0.2, -0.15) is 0 Å². The van der Waals surface area contributed by atoms with E-state index in [0.29, 0.717) is 26.1 Å². The van der Waals surface area contributed by atoms with Crippen LogP contribution >= 0.6 is 0 Å². The van der Waals surface area contributed by atoms with Crippen LogP contribution in [0.5, 0.6) is 0 Å². The van der Waals surface area contributed by atoms with E-state index in [-0.39, 0.29) is 23.5 Å². The minimum absolute atomic E-state index is 0.126. The molecule has 144 valence electrons. The SMILES string of the molecule is CCC[C@]1(COC)CCCN1C(=O)[C@H]1CCN(C(=O)OC(C)(C)C)C1. The predicted octanol–water partition coefficient (Wildman–Crippen LogP) is 3.05. The Morgan fingerprint density at radius 2 is 1.96 bits per heavy atom. The van der Waals surface area contributed by atoms with Gasteiger partial charge in [-0.05, 0) is 46.5 Å². The highest BCUT2D eigenvalue weighted by molar-refractivity contribution is 5.82. The molecule has 6 nitrogen and oxygen atoms in total. The minimum atomic E-state index is -0.511. The molecule has 0 aromatic carbocycles. The first kappa shape index (κ1) is 20.0. The molecule has 2 aliphatic rings. The molecule has 2 aliphatic heterocycles. The van der Waals surface area contributed by atoms with Gasteiger partial charge < -0.3 is 19.3 Å². The number of nitrogens with zero attached hydrogens (tertiary/aromatic N) is 2. The molecular weight excluding hydrogens is 320 g/mol. The smallest absolute Gasteiger partial charge is 0.410 e. The lowest BCUT2D eigenvalue weighted by Crippen LogP contribution is -2.52. The van der Waals surface area contributed by atoms with Crippen molar-refractivity contribution in [1.82, 2.24) is 9.80 Å². The van der Waals surface area contributed by atoms with E-state index in [2.05, 4.69) is 6.92 Å². The van der Waals surface area contributed by atoms with Gasteiger partial charge in [0.15, 0.2) is 0 Å². The van der Waals surface area contributed by atoms with Gasteiger partial charge in [-0.25, -0.2) is 4.79 Å². The van der Waals surface area contributed by atoms with Crippen LogP contribution in [0.3, 0.4) is 0 Å².